The van der Waals surface area contributed by atoms with Gasteiger partial charge in [-0.3, -0.25) is 0 Å². The second-order valence-electron chi connectivity index (χ2n) is 9.11. The first-order chi connectivity index (χ1) is 17.3. The van der Waals surface area contributed by atoms with Crippen LogP contribution in [-0.4, -0.2) is 38.6 Å². The van der Waals surface area contributed by atoms with Gasteiger partial charge in [-0.1, -0.05) is 121 Å². The Morgan fingerprint density at radius 3 is 1.23 bits per heavy atom. The van der Waals surface area contributed by atoms with Gasteiger partial charge in [-0.2, -0.15) is 0 Å². The monoisotopic (exact) mass is 464 g/mol. The molecule has 2 unspecified atom stereocenters. The summed E-state index contributed by atoms with van der Waals surface area (Å²) < 4.78 is 15.1. The highest BCUT2D eigenvalue weighted by atomic mass is 16.6. The molecule has 2 aliphatic heterocycles. The molecule has 0 aromatic heterocycles. The normalized spacial score (nSPS) is 18.3. The lowest BCUT2D eigenvalue weighted by atomic mass is 9.66. The van der Waals surface area contributed by atoms with Crippen LogP contribution in [0.1, 0.15) is 22.3 Å². The second-order valence-corrected chi connectivity index (χ2v) is 9.11. The van der Waals surface area contributed by atoms with E-state index in [1.165, 1.54) is 22.3 Å². The molecular formula is C32H32O3. The predicted molar refractivity (Wildman–Crippen MR) is 140 cm³/mol. The van der Waals surface area contributed by atoms with Gasteiger partial charge in [0.2, 0.25) is 0 Å². The fraction of sp³-hybridized carbons (Fsp3) is 0.250. The maximum absolute atomic E-state index is 5.23. The van der Waals surface area contributed by atoms with E-state index in [1.54, 1.807) is 0 Å². The van der Waals surface area contributed by atoms with Crippen LogP contribution in [0.25, 0.3) is 0 Å². The van der Waals surface area contributed by atoms with Crippen molar-refractivity contribution in [3.8, 4) is 0 Å². The van der Waals surface area contributed by atoms with E-state index in [0.29, 0.717) is 12.2 Å². The van der Waals surface area contributed by atoms with Gasteiger partial charge < -0.3 is 14.2 Å². The molecule has 2 fully saturated rings. The first-order valence-corrected chi connectivity index (χ1v) is 12.4. The molecule has 6 rings (SSSR count). The fourth-order valence-electron chi connectivity index (χ4n) is 4.54. The second kappa shape index (κ2) is 11.5. The molecule has 3 heteroatoms. The molecule has 3 nitrogen and oxygen atoms in total. The topological polar surface area (TPSA) is 34.3 Å². The average Bonchev–Trinajstić information content (AvgIpc) is 3.87. The number of epoxide rings is 2. The van der Waals surface area contributed by atoms with Crippen LogP contribution in [0.5, 0.6) is 0 Å². The van der Waals surface area contributed by atoms with Crippen molar-refractivity contribution in [1.82, 2.24) is 0 Å². The Kier molecular flexibility index (Phi) is 7.69. The van der Waals surface area contributed by atoms with Crippen LogP contribution in [0.2, 0.25) is 0 Å². The van der Waals surface area contributed by atoms with Gasteiger partial charge in [-0.15, -0.1) is 0 Å². The summed E-state index contributed by atoms with van der Waals surface area (Å²) in [4.78, 5) is 0. The minimum atomic E-state index is -0.217. The number of ether oxygens (including phenoxy) is 3. The highest BCUT2D eigenvalue weighted by molar-refractivity contribution is 5.52. The highest BCUT2D eigenvalue weighted by Crippen LogP contribution is 2.42. The van der Waals surface area contributed by atoms with Crippen molar-refractivity contribution in [1.29, 1.82) is 0 Å². The van der Waals surface area contributed by atoms with E-state index in [9.17, 15) is 0 Å². The summed E-state index contributed by atoms with van der Waals surface area (Å²) in [5.74, 6) is 0. The van der Waals surface area contributed by atoms with Crippen molar-refractivity contribution >= 4 is 0 Å². The molecule has 0 radical (unpaired) electrons. The van der Waals surface area contributed by atoms with Gasteiger partial charge in [-0.05, 0) is 28.7 Å². The smallest absolute Gasteiger partial charge is 0.104 e. The van der Waals surface area contributed by atoms with Crippen molar-refractivity contribution < 1.29 is 14.2 Å². The van der Waals surface area contributed by atoms with Crippen LogP contribution in [0, 0.1) is 0 Å². The lowest BCUT2D eigenvalue weighted by molar-refractivity contribution is 0.102. The van der Waals surface area contributed by atoms with Crippen LogP contribution in [0.4, 0.5) is 0 Å². The molecule has 0 saturated carbocycles. The molecule has 0 N–H and O–H groups in total. The minimum absolute atomic E-state index is 0.217. The van der Waals surface area contributed by atoms with Gasteiger partial charge in [0, 0.05) is 5.41 Å². The molecule has 178 valence electrons. The van der Waals surface area contributed by atoms with Gasteiger partial charge >= 0.3 is 0 Å². The minimum Gasteiger partial charge on any atom is -0.376 e. The largest absolute Gasteiger partial charge is 0.376 e. The van der Waals surface area contributed by atoms with E-state index in [2.05, 4.69) is 121 Å². The van der Waals surface area contributed by atoms with E-state index < -0.39 is 0 Å². The van der Waals surface area contributed by atoms with Crippen molar-refractivity contribution in [2.75, 3.05) is 26.4 Å². The summed E-state index contributed by atoms with van der Waals surface area (Å²) in [6.07, 6.45) is 1.71. The third-order valence-electron chi connectivity index (χ3n) is 6.52. The Bertz CT molecular complexity index is 1030. The van der Waals surface area contributed by atoms with Crippen molar-refractivity contribution in [2.24, 2.45) is 0 Å². The zero-order chi connectivity index (χ0) is 23.8. The molecule has 0 amide bonds. The number of hydrogen-bond acceptors (Lipinski definition) is 3. The lowest BCUT2D eigenvalue weighted by Crippen LogP contribution is -2.32. The Morgan fingerprint density at radius 2 is 0.886 bits per heavy atom. The summed E-state index contributed by atoms with van der Waals surface area (Å²) in [6.45, 7) is 3.26. The van der Waals surface area contributed by atoms with Gasteiger partial charge in [-0.25, -0.2) is 0 Å². The van der Waals surface area contributed by atoms with Crippen LogP contribution in [0.15, 0.2) is 121 Å². The molecule has 4 aromatic rings. The molecule has 4 aromatic carbocycles. The van der Waals surface area contributed by atoms with Gasteiger partial charge in [0.05, 0.1) is 26.4 Å². The fourth-order valence-corrected chi connectivity index (χ4v) is 4.54. The third-order valence-corrected chi connectivity index (χ3v) is 6.52. The van der Waals surface area contributed by atoms with Crippen LogP contribution in [0.3, 0.4) is 0 Å². The Morgan fingerprint density at radius 1 is 0.543 bits per heavy atom. The first-order valence-electron chi connectivity index (χ1n) is 12.4. The molecule has 2 heterocycles. The van der Waals surface area contributed by atoms with E-state index in [4.69, 9.17) is 14.2 Å². The molecule has 0 aliphatic carbocycles. The Labute approximate surface area is 208 Å². The lowest BCUT2D eigenvalue weighted by Gasteiger charge is -2.36. The van der Waals surface area contributed by atoms with E-state index >= 15 is 0 Å². The molecule has 2 aliphatic rings. The molecule has 0 spiro atoms. The van der Waals surface area contributed by atoms with Crippen molar-refractivity contribution in [3.63, 3.8) is 0 Å². The molecule has 0 bridgehead atoms. The number of rotatable bonds is 9. The van der Waals surface area contributed by atoms with Gasteiger partial charge in [0.1, 0.15) is 12.2 Å². The maximum atomic E-state index is 5.23. The zero-order valence-electron chi connectivity index (χ0n) is 20.0. The maximum Gasteiger partial charge on any atom is 0.104 e. The van der Waals surface area contributed by atoms with Crippen LogP contribution >= 0.6 is 0 Å². The summed E-state index contributed by atoms with van der Waals surface area (Å²) in [5.41, 5.74) is 5.08. The Balaban J connectivity index is 0.000000234. The average molecular weight is 465 g/mol. The van der Waals surface area contributed by atoms with E-state index in [-0.39, 0.29) is 5.41 Å². The van der Waals surface area contributed by atoms with Gasteiger partial charge in [0.25, 0.3) is 0 Å². The summed E-state index contributed by atoms with van der Waals surface area (Å²) in [5, 5.41) is 0. The summed E-state index contributed by atoms with van der Waals surface area (Å²) >= 11 is 0. The van der Waals surface area contributed by atoms with Crippen molar-refractivity contribution in [3.05, 3.63) is 144 Å². The zero-order valence-corrected chi connectivity index (χ0v) is 20.0. The van der Waals surface area contributed by atoms with Crippen LogP contribution < -0.4 is 0 Å². The number of hydrogen-bond donors (Lipinski definition) is 0. The SMILES string of the molecule is C(OCC1CO1)C1CO1.c1ccc(CC(c2ccccc2)(c2ccccc2)c2ccccc2)cc1. The molecular weight excluding hydrogens is 432 g/mol. The first kappa shape index (κ1) is 23.5. The summed E-state index contributed by atoms with van der Waals surface area (Å²) in [7, 11) is 0. The number of benzene rings is 4. The quantitative estimate of drug-likeness (QED) is 0.223. The van der Waals surface area contributed by atoms with Gasteiger partial charge in [0.15, 0.2) is 0 Å². The molecule has 2 saturated heterocycles. The molecule has 35 heavy (non-hydrogen) atoms. The standard InChI is InChI=1S/C26H22.C6H10O3/c1-5-13-22(14-6-1)21-26(23-15-7-2-8-16-23,24-17-9-3-10-18-24)25-19-11-4-12-20-25;1(5-3-8-5)7-2-6-4-9-6/h1-20H,21H2;5-6H,1-4H2. The highest BCUT2D eigenvalue weighted by Gasteiger charge is 2.36. The van der Waals surface area contributed by atoms with E-state index in [1.807, 2.05) is 0 Å². The van der Waals surface area contributed by atoms with E-state index in [0.717, 1.165) is 32.8 Å². The summed E-state index contributed by atoms with van der Waals surface area (Å²) in [6, 6.07) is 43.4. The Hall–Kier alpha value is -3.24. The molecule has 2 atom stereocenters. The predicted octanol–water partition coefficient (Wildman–Crippen LogP) is 6.06. The van der Waals surface area contributed by atoms with Crippen LogP contribution in [-0.2, 0) is 26.0 Å². The van der Waals surface area contributed by atoms with Crippen molar-refractivity contribution in [2.45, 2.75) is 24.0 Å². The third kappa shape index (κ3) is 6.26.